The first-order chi connectivity index (χ1) is 10.3. The highest BCUT2D eigenvalue weighted by Gasteiger charge is 2.05. The van der Waals surface area contributed by atoms with Gasteiger partial charge < -0.3 is 10.6 Å². The number of nitrogens with one attached hydrogen (secondary N) is 2. The number of aromatic nitrogens is 1. The smallest absolute Gasteiger partial charge is 0.220 e. The zero-order valence-electron chi connectivity index (χ0n) is 13.3. The van der Waals surface area contributed by atoms with Gasteiger partial charge in [0.25, 0.3) is 0 Å². The number of fused-ring (bicyclic) bond motifs is 1. The van der Waals surface area contributed by atoms with Gasteiger partial charge in [-0.15, -0.1) is 36.2 Å². The Balaban J connectivity index is 0.00000242. The molecule has 0 bridgehead atoms. The Morgan fingerprint density at radius 2 is 1.96 bits per heavy atom. The first-order valence-corrected chi connectivity index (χ1v) is 8.43. The molecular formula is C16H25Cl2N3OS. The molecule has 0 saturated carbocycles. The largest absolute Gasteiger partial charge is 0.355 e. The van der Waals surface area contributed by atoms with Crippen LogP contribution in [0.4, 0.5) is 0 Å². The average Bonchev–Trinajstić information content (AvgIpc) is 2.89. The minimum absolute atomic E-state index is 0. The van der Waals surface area contributed by atoms with Gasteiger partial charge in [0.05, 0.1) is 15.2 Å². The number of carbonyl (C=O) groups excluding carboxylic acids is 1. The molecule has 2 N–H and O–H groups in total. The minimum atomic E-state index is 0. The third-order valence-corrected chi connectivity index (χ3v) is 4.28. The number of carbonyl (C=O) groups is 1. The van der Waals surface area contributed by atoms with Gasteiger partial charge >= 0.3 is 0 Å². The van der Waals surface area contributed by atoms with Gasteiger partial charge in [-0.05, 0) is 37.9 Å². The van der Waals surface area contributed by atoms with Crippen LogP contribution in [0.1, 0.15) is 31.2 Å². The van der Waals surface area contributed by atoms with Crippen molar-refractivity contribution >= 4 is 52.3 Å². The molecular weight excluding hydrogens is 353 g/mol. The van der Waals surface area contributed by atoms with E-state index in [1.807, 2.05) is 18.2 Å². The predicted molar refractivity (Wildman–Crippen MR) is 103 cm³/mol. The molecule has 1 amide bonds. The van der Waals surface area contributed by atoms with Gasteiger partial charge in [-0.1, -0.05) is 19.1 Å². The van der Waals surface area contributed by atoms with Gasteiger partial charge in [0, 0.05) is 19.5 Å². The Hall–Kier alpha value is -0.880. The van der Waals surface area contributed by atoms with E-state index >= 15 is 0 Å². The van der Waals surface area contributed by atoms with Gasteiger partial charge in [0.1, 0.15) is 0 Å². The normalized spacial score (nSPS) is 9.96. The number of rotatable bonds is 9. The van der Waals surface area contributed by atoms with E-state index in [1.54, 1.807) is 11.3 Å². The van der Waals surface area contributed by atoms with E-state index in [-0.39, 0.29) is 30.7 Å². The van der Waals surface area contributed by atoms with Crippen molar-refractivity contribution in [2.45, 2.75) is 32.6 Å². The summed E-state index contributed by atoms with van der Waals surface area (Å²) in [7, 11) is 0. The summed E-state index contributed by atoms with van der Waals surface area (Å²) in [5.41, 5.74) is 1.06. The molecule has 130 valence electrons. The molecule has 0 spiro atoms. The van der Waals surface area contributed by atoms with Gasteiger partial charge in [-0.25, -0.2) is 4.98 Å². The highest BCUT2D eigenvalue weighted by molar-refractivity contribution is 7.18. The van der Waals surface area contributed by atoms with Crippen LogP contribution in [0.25, 0.3) is 10.2 Å². The lowest BCUT2D eigenvalue weighted by Gasteiger charge is -2.05. The number of aryl methyl sites for hydroxylation is 1. The molecule has 0 fully saturated rings. The Labute approximate surface area is 154 Å². The van der Waals surface area contributed by atoms with Crippen molar-refractivity contribution < 1.29 is 4.79 Å². The third-order valence-electron chi connectivity index (χ3n) is 3.18. The fraction of sp³-hybridized carbons (Fsp3) is 0.500. The second kappa shape index (κ2) is 12.5. The summed E-state index contributed by atoms with van der Waals surface area (Å²) in [5, 5.41) is 7.32. The summed E-state index contributed by atoms with van der Waals surface area (Å²) < 4.78 is 1.22. The third kappa shape index (κ3) is 7.97. The maximum absolute atomic E-state index is 11.7. The molecule has 0 aliphatic carbocycles. The van der Waals surface area contributed by atoms with Crippen LogP contribution in [0.5, 0.6) is 0 Å². The summed E-state index contributed by atoms with van der Waals surface area (Å²) in [6, 6.07) is 8.16. The maximum atomic E-state index is 11.7. The fourth-order valence-electron chi connectivity index (χ4n) is 2.11. The van der Waals surface area contributed by atoms with Crippen molar-refractivity contribution in [1.82, 2.24) is 15.6 Å². The fourth-order valence-corrected chi connectivity index (χ4v) is 3.12. The van der Waals surface area contributed by atoms with Gasteiger partial charge in [-0.3, -0.25) is 4.79 Å². The van der Waals surface area contributed by atoms with Crippen LogP contribution in [-0.2, 0) is 11.2 Å². The van der Waals surface area contributed by atoms with Crippen LogP contribution in [-0.4, -0.2) is 30.5 Å². The molecule has 0 radical (unpaired) electrons. The van der Waals surface area contributed by atoms with E-state index in [0.29, 0.717) is 13.0 Å². The number of hydrogen-bond donors (Lipinski definition) is 2. The summed E-state index contributed by atoms with van der Waals surface area (Å²) in [5.74, 6) is 0.134. The molecule has 23 heavy (non-hydrogen) atoms. The lowest BCUT2D eigenvalue weighted by Crippen LogP contribution is -2.31. The van der Waals surface area contributed by atoms with Gasteiger partial charge in [-0.2, -0.15) is 0 Å². The molecule has 2 aromatic rings. The van der Waals surface area contributed by atoms with E-state index in [0.717, 1.165) is 42.9 Å². The van der Waals surface area contributed by atoms with Crippen molar-refractivity contribution in [2.75, 3.05) is 19.6 Å². The van der Waals surface area contributed by atoms with Crippen LogP contribution < -0.4 is 10.6 Å². The number of thiazole rings is 1. The Bertz CT molecular complexity index is 544. The van der Waals surface area contributed by atoms with Crippen LogP contribution in [0.3, 0.4) is 0 Å². The van der Waals surface area contributed by atoms with E-state index in [1.165, 1.54) is 4.70 Å². The van der Waals surface area contributed by atoms with E-state index in [4.69, 9.17) is 0 Å². The molecule has 0 atom stereocenters. The van der Waals surface area contributed by atoms with Gasteiger partial charge in [0.15, 0.2) is 0 Å². The number of halogens is 2. The van der Waals surface area contributed by atoms with E-state index in [9.17, 15) is 4.79 Å². The summed E-state index contributed by atoms with van der Waals surface area (Å²) in [6.45, 7) is 4.69. The zero-order chi connectivity index (χ0) is 14.9. The molecule has 0 aliphatic rings. The highest BCUT2D eigenvalue weighted by atomic mass is 35.5. The Morgan fingerprint density at radius 1 is 1.17 bits per heavy atom. The lowest BCUT2D eigenvalue weighted by molar-refractivity contribution is -0.121. The van der Waals surface area contributed by atoms with Crippen molar-refractivity contribution in [3.05, 3.63) is 29.3 Å². The number of benzene rings is 1. The van der Waals surface area contributed by atoms with E-state index < -0.39 is 0 Å². The second-order valence-corrected chi connectivity index (χ2v) is 6.14. The number of para-hydroxylation sites is 1. The topological polar surface area (TPSA) is 54.0 Å². The molecule has 2 rings (SSSR count). The predicted octanol–water partition coefficient (Wildman–Crippen LogP) is 3.58. The number of nitrogens with zero attached hydrogens (tertiary/aromatic N) is 1. The molecule has 0 saturated heterocycles. The van der Waals surface area contributed by atoms with Crippen molar-refractivity contribution in [1.29, 1.82) is 0 Å². The monoisotopic (exact) mass is 377 g/mol. The number of amides is 1. The van der Waals surface area contributed by atoms with Crippen molar-refractivity contribution in [3.8, 4) is 0 Å². The zero-order valence-corrected chi connectivity index (χ0v) is 15.8. The minimum Gasteiger partial charge on any atom is -0.355 e. The quantitative estimate of drug-likeness (QED) is 0.656. The first-order valence-electron chi connectivity index (χ1n) is 7.61. The average molecular weight is 378 g/mol. The summed E-state index contributed by atoms with van der Waals surface area (Å²) in [4.78, 5) is 16.3. The molecule has 1 heterocycles. The van der Waals surface area contributed by atoms with Crippen LogP contribution in [0, 0.1) is 0 Å². The van der Waals surface area contributed by atoms with Crippen molar-refractivity contribution in [2.24, 2.45) is 0 Å². The molecule has 1 aromatic carbocycles. The van der Waals surface area contributed by atoms with Crippen LogP contribution in [0.2, 0.25) is 0 Å². The molecule has 4 nitrogen and oxygen atoms in total. The molecule has 1 aromatic heterocycles. The lowest BCUT2D eigenvalue weighted by atomic mass is 10.2. The van der Waals surface area contributed by atoms with Crippen LogP contribution >= 0.6 is 36.2 Å². The standard InChI is InChI=1S/C16H23N3OS.2ClH/c1-2-10-17-11-12-18-15(20)8-5-9-16-19-13-6-3-4-7-14(13)21-16;;/h3-4,6-7,17H,2,5,8-12H2,1H3,(H,18,20);2*1H. The molecule has 0 aliphatic heterocycles. The Kier molecular flexibility index (Phi) is 12.1. The molecule has 7 heteroatoms. The summed E-state index contributed by atoms with van der Waals surface area (Å²) >= 11 is 1.72. The van der Waals surface area contributed by atoms with Crippen molar-refractivity contribution in [3.63, 3.8) is 0 Å². The number of hydrogen-bond acceptors (Lipinski definition) is 4. The van der Waals surface area contributed by atoms with Crippen LogP contribution in [0.15, 0.2) is 24.3 Å². The molecule has 0 unspecified atom stereocenters. The summed E-state index contributed by atoms with van der Waals surface area (Å²) in [6.07, 6.45) is 3.43. The van der Waals surface area contributed by atoms with Gasteiger partial charge in [0.2, 0.25) is 5.91 Å². The van der Waals surface area contributed by atoms with E-state index in [2.05, 4.69) is 28.6 Å². The Morgan fingerprint density at radius 3 is 2.70 bits per heavy atom. The highest BCUT2D eigenvalue weighted by Crippen LogP contribution is 2.22. The maximum Gasteiger partial charge on any atom is 0.220 e. The first kappa shape index (κ1) is 22.1. The SMILES string of the molecule is CCCNCCNC(=O)CCCc1nc2ccccc2s1.Cl.Cl. The second-order valence-electron chi connectivity index (χ2n) is 5.03.